The lowest BCUT2D eigenvalue weighted by molar-refractivity contribution is -1.92. The number of nitrogens with zero attached hydrogens (tertiary/aromatic N) is 2. The molecule has 1 N–H and O–H groups in total. The lowest BCUT2D eigenvalue weighted by atomic mass is 10.2. The van der Waals surface area contributed by atoms with E-state index in [-0.39, 0.29) is 0 Å². The van der Waals surface area contributed by atoms with Gasteiger partial charge in [0.25, 0.3) is 0 Å². The molecule has 3 saturated heterocycles. The van der Waals surface area contributed by atoms with E-state index in [0.29, 0.717) is 0 Å². The third-order valence-electron chi connectivity index (χ3n) is 2.20. The maximum absolute atomic E-state index is 8.60. The van der Waals surface area contributed by atoms with E-state index >= 15 is 0 Å². The zero-order valence-electron chi connectivity index (χ0n) is 7.19. The van der Waals surface area contributed by atoms with Crippen LogP contribution >= 0.6 is 0 Å². The third kappa shape index (κ3) is 5.37. The highest BCUT2D eigenvalue weighted by Gasteiger charge is 2.21. The Bertz CT molecular complexity index is 126. The van der Waals surface area contributed by atoms with Crippen molar-refractivity contribution < 1.29 is 28.9 Å². The minimum absolute atomic E-state index is 1.32. The SMILES string of the molecule is C1CN2CCN1CC2.[O-][Cl+3]([O-])([O-])O. The van der Waals surface area contributed by atoms with Crippen molar-refractivity contribution in [1.82, 2.24) is 9.80 Å². The molecule has 3 heterocycles. The fourth-order valence-electron chi connectivity index (χ4n) is 1.52. The van der Waals surface area contributed by atoms with E-state index in [1.54, 1.807) is 0 Å². The minimum atomic E-state index is -4.69. The van der Waals surface area contributed by atoms with Crippen molar-refractivity contribution in [3.63, 3.8) is 0 Å². The van der Waals surface area contributed by atoms with Gasteiger partial charge in [-0.3, -0.25) is 9.80 Å². The van der Waals surface area contributed by atoms with E-state index in [1.165, 1.54) is 39.3 Å². The van der Waals surface area contributed by atoms with E-state index in [4.69, 9.17) is 18.6 Å². The summed E-state index contributed by atoms with van der Waals surface area (Å²) >= 11 is 0. The second-order valence-corrected chi connectivity index (χ2v) is 3.87. The van der Waals surface area contributed by atoms with E-state index in [0.717, 1.165) is 0 Å². The molecule has 2 bridgehead atoms. The summed E-state index contributed by atoms with van der Waals surface area (Å²) < 4.78 is 32.7. The van der Waals surface area contributed by atoms with Crippen molar-refractivity contribution in [3.05, 3.63) is 0 Å². The van der Waals surface area contributed by atoms with Crippen LogP contribution < -0.4 is 14.0 Å². The number of rotatable bonds is 0. The highest BCUT2D eigenvalue weighted by atomic mass is 35.7. The molecule has 13 heavy (non-hydrogen) atoms. The quantitative estimate of drug-likeness (QED) is 0.435. The van der Waals surface area contributed by atoms with Crippen LogP contribution in [-0.4, -0.2) is 53.7 Å². The van der Waals surface area contributed by atoms with Gasteiger partial charge < -0.3 is 0 Å². The van der Waals surface area contributed by atoms with Crippen LogP contribution in [0.1, 0.15) is 0 Å². The van der Waals surface area contributed by atoms with Gasteiger partial charge in [0.1, 0.15) is 0 Å². The van der Waals surface area contributed by atoms with E-state index in [1.807, 2.05) is 0 Å². The summed E-state index contributed by atoms with van der Waals surface area (Å²) in [5.41, 5.74) is 0. The second-order valence-electron chi connectivity index (χ2n) is 3.08. The number of halogens is 1. The van der Waals surface area contributed by atoms with Gasteiger partial charge in [0, 0.05) is 39.3 Å². The smallest absolute Gasteiger partial charge is 0.0777 e. The molecule has 0 aromatic rings. The molecule has 3 aliphatic heterocycles. The Morgan fingerprint density at radius 1 is 0.769 bits per heavy atom. The fraction of sp³-hybridized carbons (Fsp3) is 1.00. The Kier molecular flexibility index (Phi) is 3.87. The molecule has 0 unspecified atom stereocenters. The van der Waals surface area contributed by atoms with Gasteiger partial charge in [0.15, 0.2) is 0 Å². The molecule has 0 aromatic heterocycles. The Balaban J connectivity index is 0.000000149. The van der Waals surface area contributed by atoms with Gasteiger partial charge in [0.05, 0.1) is 14.9 Å². The van der Waals surface area contributed by atoms with Gasteiger partial charge >= 0.3 is 0 Å². The normalized spacial score (nSPS) is 32.3. The standard InChI is InChI=1S/C6H12N2.ClHO4/c1-2-8-5-3-7(1)4-6-8;2-1(3,4)5/h1-6H2;(H,2,3,4,5). The average molecular weight is 213 g/mol. The summed E-state index contributed by atoms with van der Waals surface area (Å²) in [6.07, 6.45) is 0. The van der Waals surface area contributed by atoms with Gasteiger partial charge in [-0.2, -0.15) is 14.0 Å². The van der Waals surface area contributed by atoms with E-state index in [2.05, 4.69) is 9.80 Å². The van der Waals surface area contributed by atoms with E-state index in [9.17, 15) is 0 Å². The van der Waals surface area contributed by atoms with Crippen LogP contribution in [0.4, 0.5) is 0 Å². The summed E-state index contributed by atoms with van der Waals surface area (Å²) in [4.78, 5) is 5.08. The van der Waals surface area contributed by atoms with Crippen LogP contribution in [0.15, 0.2) is 0 Å². The summed E-state index contributed by atoms with van der Waals surface area (Å²) in [5, 5.41) is 0. The number of hydrogen-bond acceptors (Lipinski definition) is 6. The summed E-state index contributed by atoms with van der Waals surface area (Å²) in [5.74, 6) is 0. The monoisotopic (exact) mass is 212 g/mol. The maximum atomic E-state index is 8.60. The van der Waals surface area contributed by atoms with Gasteiger partial charge in [-0.05, 0) is 0 Å². The van der Waals surface area contributed by atoms with Crippen LogP contribution in [0.2, 0.25) is 0 Å². The Morgan fingerprint density at radius 3 is 1.00 bits per heavy atom. The Hall–Kier alpha value is 0.0500. The maximum Gasteiger partial charge on any atom is 0.0777 e. The summed E-state index contributed by atoms with van der Waals surface area (Å²) in [6.45, 7) is 7.92. The molecule has 7 heteroatoms. The molecule has 0 atom stereocenters. The van der Waals surface area contributed by atoms with Crippen LogP contribution in [-0.2, 0) is 0 Å². The summed E-state index contributed by atoms with van der Waals surface area (Å²) in [6, 6.07) is 0. The molecular weight excluding hydrogens is 200 g/mol. The molecule has 0 aliphatic carbocycles. The lowest BCUT2D eigenvalue weighted by Crippen LogP contribution is -2.58. The highest BCUT2D eigenvalue weighted by Crippen LogP contribution is 2.06. The fourth-order valence-corrected chi connectivity index (χ4v) is 1.52. The zero-order chi connectivity index (χ0) is 9.90. The van der Waals surface area contributed by atoms with Gasteiger partial charge in [-0.25, -0.2) is 0 Å². The molecule has 0 amide bonds. The first-order chi connectivity index (χ1) is 5.95. The highest BCUT2D eigenvalue weighted by molar-refractivity contribution is 4.78. The van der Waals surface area contributed by atoms with Crippen LogP contribution in [0.25, 0.3) is 0 Å². The van der Waals surface area contributed by atoms with Gasteiger partial charge in [-0.15, -0.1) is 0 Å². The molecule has 0 spiro atoms. The largest absolute Gasteiger partial charge is 0.300 e. The van der Waals surface area contributed by atoms with Crippen LogP contribution in [0.3, 0.4) is 0 Å². The number of piperazine rings is 3. The molecule has 6 nitrogen and oxygen atoms in total. The van der Waals surface area contributed by atoms with Crippen molar-refractivity contribution in [2.45, 2.75) is 0 Å². The van der Waals surface area contributed by atoms with Crippen molar-refractivity contribution in [2.24, 2.45) is 0 Å². The zero-order valence-corrected chi connectivity index (χ0v) is 7.94. The van der Waals surface area contributed by atoms with Crippen molar-refractivity contribution >= 4 is 0 Å². The van der Waals surface area contributed by atoms with Crippen molar-refractivity contribution in [2.75, 3.05) is 39.3 Å². The first kappa shape index (κ1) is 11.1. The van der Waals surface area contributed by atoms with Crippen molar-refractivity contribution in [1.29, 1.82) is 0 Å². The summed E-state index contributed by atoms with van der Waals surface area (Å²) in [7, 11) is -4.69. The van der Waals surface area contributed by atoms with Crippen LogP contribution in [0, 0.1) is 10.2 Å². The minimum Gasteiger partial charge on any atom is -0.300 e. The molecule has 3 aliphatic rings. The second kappa shape index (κ2) is 4.52. The molecule has 0 aromatic carbocycles. The first-order valence-corrected chi connectivity index (χ1v) is 5.29. The third-order valence-corrected chi connectivity index (χ3v) is 2.20. The topological polar surface area (TPSA) is 95.9 Å². The molecule has 3 fully saturated rings. The first-order valence-electron chi connectivity index (χ1n) is 4.03. The van der Waals surface area contributed by atoms with Gasteiger partial charge in [-0.1, -0.05) is 0 Å². The Morgan fingerprint density at radius 2 is 0.923 bits per heavy atom. The van der Waals surface area contributed by atoms with E-state index < -0.39 is 10.2 Å². The predicted octanol–water partition coefficient (Wildman–Crippen LogP) is -4.51. The lowest BCUT2D eigenvalue weighted by Gasteiger charge is -2.41. The van der Waals surface area contributed by atoms with Crippen LogP contribution in [0.5, 0.6) is 0 Å². The molecule has 78 valence electrons. The Labute approximate surface area is 78.7 Å². The van der Waals surface area contributed by atoms with Crippen molar-refractivity contribution in [3.8, 4) is 0 Å². The number of fused-ring (bicyclic) bond motifs is 3. The van der Waals surface area contributed by atoms with Gasteiger partial charge in [0.2, 0.25) is 0 Å². The average Bonchev–Trinajstić information content (AvgIpc) is 2.05. The molecule has 0 saturated carbocycles. The predicted molar refractivity (Wildman–Crippen MR) is 35.1 cm³/mol. The number of hydrogen-bond donors (Lipinski definition) is 1. The molecular formula is C6H13ClN2O4. The molecule has 3 rings (SSSR count). The molecule has 0 radical (unpaired) electrons.